The number of hydrogen-bond acceptors (Lipinski definition) is 8. The van der Waals surface area contributed by atoms with E-state index in [0.29, 0.717) is 12.4 Å². The fraction of sp³-hybridized carbons (Fsp3) is 0.500. The predicted molar refractivity (Wildman–Crippen MR) is 107 cm³/mol. The Kier molecular flexibility index (Phi) is 4.29. The van der Waals surface area contributed by atoms with Crippen LogP contribution in [0.5, 0.6) is 0 Å². The van der Waals surface area contributed by atoms with Crippen molar-refractivity contribution >= 4 is 22.7 Å². The van der Waals surface area contributed by atoms with Crippen LogP contribution in [0.15, 0.2) is 26.5 Å². The van der Waals surface area contributed by atoms with Crippen LogP contribution in [-0.2, 0) is 26.1 Å². The number of thiazole rings is 2. The molecule has 1 saturated heterocycles. The highest BCUT2D eigenvalue weighted by molar-refractivity contribution is 7.09. The minimum atomic E-state index is -0.566. The molecule has 3 aromatic rings. The first-order valence-electron chi connectivity index (χ1n) is 9.24. The Balaban J connectivity index is 1.38. The van der Waals surface area contributed by atoms with Gasteiger partial charge in [-0.05, 0) is 19.9 Å². The molecule has 0 aromatic carbocycles. The molecule has 10 heteroatoms. The molecule has 1 unspecified atom stereocenters. The molecule has 0 bridgehead atoms. The van der Waals surface area contributed by atoms with E-state index in [1.165, 1.54) is 16.0 Å². The molecular formula is C18H20N6O2S2. The van der Waals surface area contributed by atoms with Gasteiger partial charge in [-0.15, -0.1) is 22.7 Å². The maximum absolute atomic E-state index is 12.7. The third kappa shape index (κ3) is 3.15. The van der Waals surface area contributed by atoms with Gasteiger partial charge >= 0.3 is 11.1 Å². The molecule has 0 saturated carbocycles. The molecule has 0 aliphatic carbocycles. The van der Waals surface area contributed by atoms with Gasteiger partial charge < -0.3 is 0 Å². The second-order valence-electron chi connectivity index (χ2n) is 7.69. The van der Waals surface area contributed by atoms with Crippen LogP contribution in [0.25, 0.3) is 0 Å². The van der Waals surface area contributed by atoms with Crippen molar-refractivity contribution in [1.29, 1.82) is 0 Å². The topological polar surface area (TPSA) is 85.9 Å². The largest absolute Gasteiger partial charge is 0.332 e. The van der Waals surface area contributed by atoms with E-state index in [1.807, 2.05) is 23.9 Å². The summed E-state index contributed by atoms with van der Waals surface area (Å²) in [5, 5.41) is 10.5. The molecule has 1 atom stereocenters. The Hall–Kier alpha value is -2.17. The predicted octanol–water partition coefficient (Wildman–Crippen LogP) is 1.12. The molecular weight excluding hydrogens is 396 g/mol. The van der Waals surface area contributed by atoms with Crippen molar-refractivity contribution in [2.24, 2.45) is 5.41 Å². The van der Waals surface area contributed by atoms with E-state index in [4.69, 9.17) is 0 Å². The van der Waals surface area contributed by atoms with Crippen LogP contribution in [-0.4, -0.2) is 42.3 Å². The summed E-state index contributed by atoms with van der Waals surface area (Å²) in [7, 11) is 0. The van der Waals surface area contributed by atoms with Gasteiger partial charge in [0.1, 0.15) is 10.8 Å². The van der Waals surface area contributed by atoms with Crippen molar-refractivity contribution in [2.75, 3.05) is 13.1 Å². The summed E-state index contributed by atoms with van der Waals surface area (Å²) in [6.45, 7) is 5.46. The summed E-state index contributed by atoms with van der Waals surface area (Å²) in [5.41, 5.74) is -0.278. The van der Waals surface area contributed by atoms with E-state index >= 15 is 0 Å². The summed E-state index contributed by atoms with van der Waals surface area (Å²) in [4.78, 5) is 36.4. The third-order valence-electron chi connectivity index (χ3n) is 5.57. The molecule has 0 N–H and O–H groups in total. The van der Waals surface area contributed by atoms with Crippen LogP contribution >= 0.6 is 22.7 Å². The molecule has 0 radical (unpaired) electrons. The average molecular weight is 417 g/mol. The van der Waals surface area contributed by atoms with Gasteiger partial charge in [0.25, 0.3) is 0 Å². The molecule has 8 nitrogen and oxygen atoms in total. The van der Waals surface area contributed by atoms with Crippen LogP contribution in [0.4, 0.5) is 0 Å². The van der Waals surface area contributed by atoms with Crippen molar-refractivity contribution in [3.05, 3.63) is 59.2 Å². The van der Waals surface area contributed by atoms with Gasteiger partial charge in [0.2, 0.25) is 0 Å². The quantitative estimate of drug-likeness (QED) is 0.593. The maximum atomic E-state index is 12.7. The van der Waals surface area contributed by atoms with Crippen LogP contribution in [0.1, 0.15) is 28.0 Å². The Bertz CT molecular complexity index is 1130. The van der Waals surface area contributed by atoms with Gasteiger partial charge in [0, 0.05) is 41.9 Å². The maximum Gasteiger partial charge on any atom is 0.332 e. The highest BCUT2D eigenvalue weighted by Gasteiger charge is 2.44. The third-order valence-corrected chi connectivity index (χ3v) is 7.16. The number of rotatable bonds is 4. The van der Waals surface area contributed by atoms with Crippen molar-refractivity contribution in [2.45, 2.75) is 39.4 Å². The summed E-state index contributed by atoms with van der Waals surface area (Å²) in [6.07, 6.45) is 3.56. The molecule has 1 fully saturated rings. The molecule has 0 amide bonds. The lowest BCUT2D eigenvalue weighted by Gasteiger charge is -2.22. The van der Waals surface area contributed by atoms with E-state index in [9.17, 15) is 9.59 Å². The fourth-order valence-corrected chi connectivity index (χ4v) is 5.56. The van der Waals surface area contributed by atoms with E-state index in [-0.39, 0.29) is 12.0 Å². The Labute approximate surface area is 169 Å². The molecule has 5 heterocycles. The van der Waals surface area contributed by atoms with E-state index in [0.717, 1.165) is 48.2 Å². The first kappa shape index (κ1) is 17.9. The minimum Gasteiger partial charge on any atom is -0.296 e. The summed E-state index contributed by atoms with van der Waals surface area (Å²) in [6, 6.07) is 0. The number of aromatic nitrogens is 5. The normalized spacial score (nSPS) is 21.6. The Morgan fingerprint density at radius 1 is 1.18 bits per heavy atom. The van der Waals surface area contributed by atoms with E-state index in [2.05, 4.69) is 20.0 Å². The van der Waals surface area contributed by atoms with Gasteiger partial charge in [0.05, 0.1) is 23.8 Å². The zero-order valence-corrected chi connectivity index (χ0v) is 17.1. The second kappa shape index (κ2) is 6.71. The molecule has 28 heavy (non-hydrogen) atoms. The van der Waals surface area contributed by atoms with Gasteiger partial charge in [0.15, 0.2) is 0 Å². The molecule has 146 valence electrons. The second-order valence-corrected chi connectivity index (χ2v) is 9.73. The monoisotopic (exact) mass is 416 g/mol. The van der Waals surface area contributed by atoms with Crippen molar-refractivity contribution in [3.8, 4) is 0 Å². The number of nitrogens with zero attached hydrogens (tertiary/aromatic N) is 6. The molecule has 2 aliphatic rings. The summed E-state index contributed by atoms with van der Waals surface area (Å²) in [5.74, 6) is 0.715. The number of fused-ring (bicyclic) bond motifs is 1. The molecule has 5 rings (SSSR count). The highest BCUT2D eigenvalue weighted by atomic mass is 32.1. The SMILES string of the molecule is Cc1nc(Cn2nc3n(c(=O)c2=O)CC2(CCN(Cc4nccs4)C2)C3)cs1. The van der Waals surface area contributed by atoms with E-state index in [1.54, 1.807) is 15.9 Å². The van der Waals surface area contributed by atoms with Crippen LogP contribution in [0.3, 0.4) is 0 Å². The van der Waals surface area contributed by atoms with Crippen LogP contribution < -0.4 is 11.1 Å². The summed E-state index contributed by atoms with van der Waals surface area (Å²) >= 11 is 3.20. The number of likely N-dealkylation sites (tertiary alicyclic amines) is 1. The zero-order chi connectivity index (χ0) is 19.3. The van der Waals surface area contributed by atoms with Crippen molar-refractivity contribution < 1.29 is 0 Å². The van der Waals surface area contributed by atoms with Crippen LogP contribution in [0.2, 0.25) is 0 Å². The number of hydrogen-bond donors (Lipinski definition) is 0. The van der Waals surface area contributed by atoms with Crippen molar-refractivity contribution in [1.82, 2.24) is 29.2 Å². The lowest BCUT2D eigenvalue weighted by atomic mass is 9.86. The minimum absolute atomic E-state index is 0.0146. The molecule has 1 spiro atoms. The smallest absolute Gasteiger partial charge is 0.296 e. The lowest BCUT2D eigenvalue weighted by Crippen LogP contribution is -2.43. The van der Waals surface area contributed by atoms with Gasteiger partial charge in [-0.25, -0.2) is 14.6 Å². The molecule has 3 aromatic heterocycles. The van der Waals surface area contributed by atoms with Crippen LogP contribution in [0, 0.1) is 12.3 Å². The first-order chi connectivity index (χ1) is 13.5. The lowest BCUT2D eigenvalue weighted by molar-refractivity contribution is 0.246. The number of aryl methyl sites for hydroxylation is 1. The van der Waals surface area contributed by atoms with Gasteiger partial charge in [-0.2, -0.15) is 5.10 Å². The molecule has 2 aliphatic heterocycles. The van der Waals surface area contributed by atoms with Crippen molar-refractivity contribution in [3.63, 3.8) is 0 Å². The fourth-order valence-electron chi connectivity index (χ4n) is 4.30. The first-order valence-corrected chi connectivity index (χ1v) is 11.0. The Morgan fingerprint density at radius 3 is 2.82 bits per heavy atom. The average Bonchev–Trinajstić information content (AvgIpc) is 3.44. The van der Waals surface area contributed by atoms with E-state index < -0.39 is 11.1 Å². The Morgan fingerprint density at radius 2 is 2.07 bits per heavy atom. The van der Waals surface area contributed by atoms with Gasteiger partial charge in [-0.3, -0.25) is 19.1 Å². The zero-order valence-electron chi connectivity index (χ0n) is 15.5. The summed E-state index contributed by atoms with van der Waals surface area (Å²) < 4.78 is 2.88. The van der Waals surface area contributed by atoms with Gasteiger partial charge in [-0.1, -0.05) is 0 Å². The highest BCUT2D eigenvalue weighted by Crippen LogP contribution is 2.39. The standard InChI is InChI=1S/C18H20N6O2S2/c1-12-20-13(9-28-12)7-24-17(26)16(25)23-11-18(6-14(23)21-24)2-4-22(10-18)8-15-19-3-5-27-15/h3,5,9H,2,4,6-8,10-11H2,1H3.